The van der Waals surface area contributed by atoms with Crippen LogP contribution in [0.4, 0.5) is 0 Å². The van der Waals surface area contributed by atoms with Crippen molar-refractivity contribution in [3.05, 3.63) is 34.3 Å². The van der Waals surface area contributed by atoms with Crippen LogP contribution in [0.1, 0.15) is 50.5 Å². The first-order valence-corrected chi connectivity index (χ1v) is 7.90. The fourth-order valence-corrected chi connectivity index (χ4v) is 3.48. The van der Waals surface area contributed by atoms with Gasteiger partial charge < -0.3 is 5.11 Å². The molecular weight excluding hydrogens is 304 g/mol. The van der Waals surface area contributed by atoms with Gasteiger partial charge in [0, 0.05) is 4.47 Å². The minimum atomic E-state index is -0.620. The number of hydrogen-bond donors (Lipinski definition) is 1. The van der Waals surface area contributed by atoms with Crippen LogP contribution in [0.2, 0.25) is 0 Å². The van der Waals surface area contributed by atoms with Crippen LogP contribution < -0.4 is 0 Å². The first kappa shape index (κ1) is 14.6. The maximum absolute atomic E-state index is 11.8. The number of benzene rings is 1. The van der Waals surface area contributed by atoms with Crippen LogP contribution in [0, 0.1) is 5.41 Å². The number of carboxylic acid groups (broad SMARTS) is 1. The van der Waals surface area contributed by atoms with Gasteiger partial charge in [-0.15, -0.1) is 0 Å². The van der Waals surface area contributed by atoms with Crippen LogP contribution >= 0.6 is 15.9 Å². The molecule has 1 aliphatic carbocycles. The Bertz CT molecular complexity index is 434. The molecule has 1 aromatic rings. The van der Waals surface area contributed by atoms with Crippen molar-refractivity contribution < 1.29 is 9.90 Å². The molecule has 0 radical (unpaired) electrons. The van der Waals surface area contributed by atoms with Crippen molar-refractivity contribution in [3.8, 4) is 0 Å². The number of halogens is 1. The van der Waals surface area contributed by atoms with Crippen molar-refractivity contribution in [3.63, 3.8) is 0 Å². The van der Waals surface area contributed by atoms with E-state index < -0.39 is 11.4 Å². The summed E-state index contributed by atoms with van der Waals surface area (Å²) in [6.45, 7) is 0. The predicted molar refractivity (Wildman–Crippen MR) is 80.2 cm³/mol. The third-order valence-corrected chi connectivity index (χ3v) is 5.02. The van der Waals surface area contributed by atoms with E-state index in [2.05, 4.69) is 15.9 Å². The molecular formula is C16H21BrO2. The summed E-state index contributed by atoms with van der Waals surface area (Å²) in [6, 6.07) is 7.99. The zero-order chi connectivity index (χ0) is 13.7. The van der Waals surface area contributed by atoms with Crippen LogP contribution in [-0.2, 0) is 11.2 Å². The zero-order valence-electron chi connectivity index (χ0n) is 11.2. The number of carbonyl (C=O) groups is 1. The number of hydrogen-bond acceptors (Lipinski definition) is 1. The van der Waals surface area contributed by atoms with Gasteiger partial charge >= 0.3 is 5.97 Å². The van der Waals surface area contributed by atoms with E-state index in [0.29, 0.717) is 6.42 Å². The normalized spacial score (nSPS) is 19.4. The molecule has 2 nitrogen and oxygen atoms in total. The Morgan fingerprint density at radius 3 is 2.26 bits per heavy atom. The van der Waals surface area contributed by atoms with Gasteiger partial charge in [0.05, 0.1) is 5.41 Å². The predicted octanol–water partition coefficient (Wildman–Crippen LogP) is 4.81. The zero-order valence-corrected chi connectivity index (χ0v) is 12.8. The second-order valence-corrected chi connectivity index (χ2v) is 6.48. The topological polar surface area (TPSA) is 37.3 Å². The summed E-state index contributed by atoms with van der Waals surface area (Å²) in [5.74, 6) is -0.620. The third-order valence-electron chi connectivity index (χ3n) is 4.25. The van der Waals surface area contributed by atoms with Crippen molar-refractivity contribution >= 4 is 21.9 Å². The molecule has 0 amide bonds. The number of aliphatic carboxylic acids is 1. The summed E-state index contributed by atoms with van der Waals surface area (Å²) in [5.41, 5.74) is 0.551. The summed E-state index contributed by atoms with van der Waals surface area (Å²) in [7, 11) is 0. The molecule has 1 aliphatic rings. The summed E-state index contributed by atoms with van der Waals surface area (Å²) >= 11 is 3.54. The molecule has 104 valence electrons. The molecule has 0 spiro atoms. The molecule has 2 rings (SSSR count). The van der Waals surface area contributed by atoms with Gasteiger partial charge in [-0.05, 0) is 30.9 Å². The van der Waals surface area contributed by atoms with Crippen molar-refractivity contribution in [2.45, 2.75) is 51.4 Å². The lowest BCUT2D eigenvalue weighted by Crippen LogP contribution is -2.34. The lowest BCUT2D eigenvalue weighted by Gasteiger charge is -2.31. The molecule has 0 heterocycles. The Kier molecular flexibility index (Phi) is 5.03. The second-order valence-electron chi connectivity index (χ2n) is 5.62. The van der Waals surface area contributed by atoms with Crippen LogP contribution in [0.25, 0.3) is 0 Å². The van der Waals surface area contributed by atoms with E-state index in [4.69, 9.17) is 0 Å². The highest BCUT2D eigenvalue weighted by molar-refractivity contribution is 9.10. The Morgan fingerprint density at radius 1 is 1.11 bits per heavy atom. The van der Waals surface area contributed by atoms with Crippen molar-refractivity contribution in [2.75, 3.05) is 0 Å². The van der Waals surface area contributed by atoms with Gasteiger partial charge in [-0.3, -0.25) is 4.79 Å². The third kappa shape index (κ3) is 3.59. The molecule has 0 saturated heterocycles. The summed E-state index contributed by atoms with van der Waals surface area (Å²) in [4.78, 5) is 11.8. The van der Waals surface area contributed by atoms with Crippen LogP contribution in [0.3, 0.4) is 0 Å². The molecule has 3 heteroatoms. The van der Waals surface area contributed by atoms with Crippen molar-refractivity contribution in [2.24, 2.45) is 5.41 Å². The molecule has 0 atom stereocenters. The molecule has 1 fully saturated rings. The van der Waals surface area contributed by atoms with E-state index in [1.807, 2.05) is 24.3 Å². The maximum Gasteiger partial charge on any atom is 0.309 e. The monoisotopic (exact) mass is 324 g/mol. The second kappa shape index (κ2) is 6.56. The molecule has 1 saturated carbocycles. The van der Waals surface area contributed by atoms with Crippen LogP contribution in [0.15, 0.2) is 28.7 Å². The number of carboxylic acids is 1. The lowest BCUT2D eigenvalue weighted by atomic mass is 9.72. The van der Waals surface area contributed by atoms with E-state index in [-0.39, 0.29) is 0 Å². The smallest absolute Gasteiger partial charge is 0.309 e. The Labute approximate surface area is 123 Å². The highest BCUT2D eigenvalue weighted by Gasteiger charge is 2.38. The lowest BCUT2D eigenvalue weighted by molar-refractivity contribution is -0.150. The van der Waals surface area contributed by atoms with Gasteiger partial charge in [0.1, 0.15) is 0 Å². The van der Waals surface area contributed by atoms with Crippen LogP contribution in [0.5, 0.6) is 0 Å². The average molecular weight is 325 g/mol. The summed E-state index contributed by atoms with van der Waals surface area (Å²) in [5, 5.41) is 9.74. The van der Waals surface area contributed by atoms with Gasteiger partial charge in [-0.1, -0.05) is 66.2 Å². The van der Waals surface area contributed by atoms with E-state index in [0.717, 1.165) is 35.7 Å². The molecule has 0 aromatic heterocycles. The van der Waals surface area contributed by atoms with Gasteiger partial charge in [0.2, 0.25) is 0 Å². The van der Waals surface area contributed by atoms with E-state index in [1.54, 1.807) is 0 Å². The molecule has 1 N–H and O–H groups in total. The van der Waals surface area contributed by atoms with Crippen molar-refractivity contribution in [1.82, 2.24) is 0 Å². The first-order valence-electron chi connectivity index (χ1n) is 7.11. The largest absolute Gasteiger partial charge is 0.481 e. The Morgan fingerprint density at radius 2 is 1.68 bits per heavy atom. The maximum atomic E-state index is 11.8. The summed E-state index contributed by atoms with van der Waals surface area (Å²) in [6.07, 6.45) is 7.94. The molecule has 0 aliphatic heterocycles. The fraction of sp³-hybridized carbons (Fsp3) is 0.562. The van der Waals surface area contributed by atoms with E-state index in [9.17, 15) is 9.90 Å². The van der Waals surface area contributed by atoms with Gasteiger partial charge in [0.15, 0.2) is 0 Å². The van der Waals surface area contributed by atoms with Gasteiger partial charge in [-0.2, -0.15) is 0 Å². The van der Waals surface area contributed by atoms with Crippen LogP contribution in [-0.4, -0.2) is 11.1 Å². The summed E-state index contributed by atoms with van der Waals surface area (Å²) < 4.78 is 1.03. The Balaban J connectivity index is 2.23. The van der Waals surface area contributed by atoms with E-state index in [1.165, 1.54) is 19.3 Å². The highest BCUT2D eigenvalue weighted by atomic mass is 79.9. The quantitative estimate of drug-likeness (QED) is 0.866. The fourth-order valence-electron chi connectivity index (χ4n) is 3.05. The molecule has 0 unspecified atom stereocenters. The van der Waals surface area contributed by atoms with E-state index >= 15 is 0 Å². The minimum absolute atomic E-state index is 0.565. The molecule has 1 aromatic carbocycles. The molecule has 0 bridgehead atoms. The van der Waals surface area contributed by atoms with Gasteiger partial charge in [0.25, 0.3) is 0 Å². The standard InChI is InChI=1S/C16H21BrO2/c17-14-9-5-4-8-13(14)12-16(15(18)19)10-6-2-1-3-7-11-16/h4-5,8-9H,1-3,6-7,10-12H2,(H,18,19). The van der Waals surface area contributed by atoms with Gasteiger partial charge in [-0.25, -0.2) is 0 Å². The first-order chi connectivity index (χ1) is 9.14. The number of rotatable bonds is 3. The minimum Gasteiger partial charge on any atom is -0.481 e. The molecule has 19 heavy (non-hydrogen) atoms. The van der Waals surface area contributed by atoms with Crippen molar-refractivity contribution in [1.29, 1.82) is 0 Å². The highest BCUT2D eigenvalue weighted by Crippen LogP contribution is 2.39. The SMILES string of the molecule is O=C(O)C1(Cc2ccccc2Br)CCCCCCC1. The Hall–Kier alpha value is -0.830. The average Bonchev–Trinajstić information content (AvgIpc) is 2.35.